The molecule has 0 aromatic heterocycles. The Morgan fingerprint density at radius 2 is 1.46 bits per heavy atom. The van der Waals surface area contributed by atoms with E-state index >= 15 is 0 Å². The summed E-state index contributed by atoms with van der Waals surface area (Å²) in [6.07, 6.45) is 1.43. The minimum absolute atomic E-state index is 0.0457. The van der Waals surface area contributed by atoms with Crippen LogP contribution in [0.1, 0.15) is 105 Å². The maximum atomic E-state index is 13.7. The van der Waals surface area contributed by atoms with Crippen LogP contribution in [0.3, 0.4) is 0 Å². The molecule has 1 fully saturated rings. The zero-order chi connectivity index (χ0) is 41.0. The highest BCUT2D eigenvalue weighted by Crippen LogP contribution is 2.30. The molecule has 0 aliphatic carbocycles. The number of quaternary nitrogens is 2. The van der Waals surface area contributed by atoms with E-state index in [9.17, 15) is 30.0 Å². The van der Waals surface area contributed by atoms with Gasteiger partial charge in [0.2, 0.25) is 6.29 Å². The SMILES string of the molecule is CCCCC(C)(C)Cc1ccc(C[N+](C)(C)CCCN(CCC[N+](C)(C)C(C)(C)CC)C(=O)OCC(C)(CO)C(=O)OC2O[C@H](CCO)[C@H](O)[C@@H]2O)cc1. The second kappa shape index (κ2) is 20.7. The number of benzene rings is 1. The van der Waals surface area contributed by atoms with Crippen molar-refractivity contribution in [2.24, 2.45) is 10.8 Å². The summed E-state index contributed by atoms with van der Waals surface area (Å²) in [7, 11) is 8.82. The lowest BCUT2D eigenvalue weighted by atomic mass is 9.81. The quantitative estimate of drug-likeness (QED) is 0.0855. The van der Waals surface area contributed by atoms with Crippen molar-refractivity contribution in [3.63, 3.8) is 0 Å². The molecule has 1 aromatic rings. The number of carbonyl (C=O) groups excluding carboxylic acids is 2. The minimum atomic E-state index is -1.64. The lowest BCUT2D eigenvalue weighted by Gasteiger charge is -2.44. The topological polar surface area (TPSA) is 146 Å². The van der Waals surface area contributed by atoms with Gasteiger partial charge >= 0.3 is 12.1 Å². The van der Waals surface area contributed by atoms with Gasteiger partial charge in [0.1, 0.15) is 30.8 Å². The molecule has 312 valence electrons. The van der Waals surface area contributed by atoms with Crippen molar-refractivity contribution < 1.29 is 53.2 Å². The van der Waals surface area contributed by atoms with Gasteiger partial charge in [-0.15, -0.1) is 0 Å². The number of ether oxygens (including phenoxy) is 3. The summed E-state index contributed by atoms with van der Waals surface area (Å²) in [5.74, 6) is -0.946. The number of aliphatic hydroxyl groups excluding tert-OH is 4. The van der Waals surface area contributed by atoms with Gasteiger partial charge in [-0.3, -0.25) is 4.79 Å². The van der Waals surface area contributed by atoms with Crippen molar-refractivity contribution in [2.45, 2.75) is 137 Å². The van der Waals surface area contributed by atoms with Crippen LogP contribution in [-0.2, 0) is 32.0 Å². The van der Waals surface area contributed by atoms with Gasteiger partial charge < -0.3 is 48.5 Å². The van der Waals surface area contributed by atoms with Crippen LogP contribution in [0, 0.1) is 10.8 Å². The smallest absolute Gasteiger partial charge is 0.409 e. The first-order valence-corrected chi connectivity index (χ1v) is 20.1. The van der Waals surface area contributed by atoms with Crippen LogP contribution in [0.2, 0.25) is 0 Å². The normalized spacial score (nSPS) is 20.8. The Morgan fingerprint density at radius 3 is 2.02 bits per heavy atom. The molecule has 12 nitrogen and oxygen atoms in total. The van der Waals surface area contributed by atoms with E-state index in [1.54, 1.807) is 4.90 Å². The maximum Gasteiger partial charge on any atom is 0.409 e. The molecule has 1 aliphatic rings. The molecule has 2 unspecified atom stereocenters. The molecule has 0 spiro atoms. The van der Waals surface area contributed by atoms with Crippen molar-refractivity contribution in [1.29, 1.82) is 0 Å². The summed E-state index contributed by atoms with van der Waals surface area (Å²) < 4.78 is 18.0. The third-order valence-corrected chi connectivity index (χ3v) is 11.9. The summed E-state index contributed by atoms with van der Waals surface area (Å²) in [5, 5.41) is 40.0. The monoisotopic (exact) mass is 768 g/mol. The van der Waals surface area contributed by atoms with Crippen LogP contribution in [0.5, 0.6) is 0 Å². The fourth-order valence-electron chi connectivity index (χ4n) is 6.91. The Labute approximate surface area is 326 Å². The van der Waals surface area contributed by atoms with E-state index in [-0.39, 0.29) is 24.0 Å². The zero-order valence-corrected chi connectivity index (χ0v) is 35.6. The average molecular weight is 768 g/mol. The van der Waals surface area contributed by atoms with E-state index < -0.39 is 55.3 Å². The van der Waals surface area contributed by atoms with Crippen LogP contribution in [-0.4, -0.2) is 151 Å². The lowest BCUT2D eigenvalue weighted by Crippen LogP contribution is -2.56. The highest BCUT2D eigenvalue weighted by molar-refractivity contribution is 5.77. The van der Waals surface area contributed by atoms with Crippen molar-refractivity contribution in [3.8, 4) is 0 Å². The molecule has 1 aromatic carbocycles. The van der Waals surface area contributed by atoms with Crippen molar-refractivity contribution >= 4 is 12.1 Å². The van der Waals surface area contributed by atoms with Crippen LogP contribution in [0.15, 0.2) is 24.3 Å². The molecule has 54 heavy (non-hydrogen) atoms. The van der Waals surface area contributed by atoms with Gasteiger partial charge in [-0.25, -0.2) is 4.79 Å². The van der Waals surface area contributed by atoms with Crippen LogP contribution >= 0.6 is 0 Å². The van der Waals surface area contributed by atoms with Gasteiger partial charge in [-0.2, -0.15) is 0 Å². The van der Waals surface area contributed by atoms with E-state index in [1.165, 1.54) is 37.3 Å². The Kier molecular flexibility index (Phi) is 18.4. The number of carbonyl (C=O) groups is 2. The van der Waals surface area contributed by atoms with Crippen LogP contribution < -0.4 is 0 Å². The predicted molar refractivity (Wildman–Crippen MR) is 211 cm³/mol. The molecule has 4 N–H and O–H groups in total. The fraction of sp³-hybridized carbons (Fsp3) is 0.810. The summed E-state index contributed by atoms with van der Waals surface area (Å²) in [5.41, 5.74) is 1.33. The van der Waals surface area contributed by atoms with E-state index in [1.807, 2.05) is 0 Å². The van der Waals surface area contributed by atoms with E-state index in [2.05, 4.69) is 94.0 Å². The van der Waals surface area contributed by atoms with Crippen molar-refractivity contribution in [2.75, 3.05) is 74.2 Å². The number of aliphatic hydroxyl groups is 4. The molecule has 5 atom stereocenters. The predicted octanol–water partition coefficient (Wildman–Crippen LogP) is 4.88. The number of hydrogen-bond donors (Lipinski definition) is 4. The maximum absolute atomic E-state index is 13.7. The molecule has 2 rings (SSSR count). The summed E-state index contributed by atoms with van der Waals surface area (Å²) in [6.45, 7) is 17.1. The van der Waals surface area contributed by atoms with E-state index in [0.717, 1.165) is 54.3 Å². The molecule has 0 radical (unpaired) electrons. The van der Waals surface area contributed by atoms with Crippen LogP contribution in [0.4, 0.5) is 4.79 Å². The highest BCUT2D eigenvalue weighted by atomic mass is 16.7. The summed E-state index contributed by atoms with van der Waals surface area (Å²) >= 11 is 0. The number of esters is 1. The highest BCUT2D eigenvalue weighted by Gasteiger charge is 2.47. The summed E-state index contributed by atoms with van der Waals surface area (Å²) in [4.78, 5) is 28.5. The molecule has 1 saturated heterocycles. The number of hydrogen-bond acceptors (Lipinski definition) is 9. The second-order valence-corrected chi connectivity index (χ2v) is 18.6. The summed E-state index contributed by atoms with van der Waals surface area (Å²) in [6, 6.07) is 9.00. The standard InChI is InChI=1S/C42H77N3O9/c1-12-14-22-40(3,4)28-32-17-19-33(20-18-32)29-44(8,9)25-15-23-43(24-16-26-45(10,11)41(5,6)13-2)39(51)52-31-42(7,30-47)38(50)54-37-36(49)35(48)34(53-37)21-27-46/h17-20,34-37,46-49H,12-16,21-31H2,1-11H3/q+2/t34-,35+,36+,37?,42?/m1/s1. The Bertz CT molecular complexity index is 1290. The Balaban J connectivity index is 2.08. The average Bonchev–Trinajstić information content (AvgIpc) is 3.36. The lowest BCUT2D eigenvalue weighted by molar-refractivity contribution is -0.938. The molecule has 0 bridgehead atoms. The number of unbranched alkanes of at least 4 members (excludes halogenated alkanes) is 1. The third kappa shape index (κ3) is 14.3. The van der Waals surface area contributed by atoms with E-state index in [4.69, 9.17) is 14.2 Å². The minimum Gasteiger partial charge on any atom is -0.448 e. The van der Waals surface area contributed by atoms with Gasteiger partial charge in [-0.1, -0.05) is 64.8 Å². The molecule has 1 aliphatic heterocycles. The van der Waals surface area contributed by atoms with Gasteiger partial charge in [-0.05, 0) is 57.4 Å². The van der Waals surface area contributed by atoms with E-state index in [0.29, 0.717) is 13.1 Å². The Hall–Kier alpha value is -2.32. The third-order valence-electron chi connectivity index (χ3n) is 11.9. The first-order chi connectivity index (χ1) is 25.1. The largest absolute Gasteiger partial charge is 0.448 e. The Morgan fingerprint density at radius 1 is 0.870 bits per heavy atom. The number of nitrogens with zero attached hydrogens (tertiary/aromatic N) is 3. The molecular formula is C42H77N3O9+2. The zero-order valence-electron chi connectivity index (χ0n) is 35.6. The van der Waals surface area contributed by atoms with Gasteiger partial charge in [0.05, 0.1) is 59.5 Å². The number of amides is 1. The van der Waals surface area contributed by atoms with Gasteiger partial charge in [0.15, 0.2) is 0 Å². The molecule has 12 heteroatoms. The van der Waals surface area contributed by atoms with Gasteiger partial charge in [0, 0.05) is 38.1 Å². The van der Waals surface area contributed by atoms with Crippen molar-refractivity contribution in [1.82, 2.24) is 4.90 Å². The fourth-order valence-corrected chi connectivity index (χ4v) is 6.91. The number of rotatable bonds is 24. The second-order valence-electron chi connectivity index (χ2n) is 18.6. The molecule has 1 heterocycles. The first-order valence-electron chi connectivity index (χ1n) is 20.1. The molecule has 1 amide bonds. The molecule has 0 saturated carbocycles. The van der Waals surface area contributed by atoms with Gasteiger partial charge in [0.25, 0.3) is 0 Å². The van der Waals surface area contributed by atoms with Crippen LogP contribution in [0.25, 0.3) is 0 Å². The molecular weight excluding hydrogens is 690 g/mol. The van der Waals surface area contributed by atoms with Crippen molar-refractivity contribution in [3.05, 3.63) is 35.4 Å². The first kappa shape index (κ1) is 47.8.